The molecule has 0 saturated heterocycles. The lowest BCUT2D eigenvalue weighted by atomic mass is 9.94. The Hall–Kier alpha value is -2.86. The summed E-state index contributed by atoms with van der Waals surface area (Å²) in [6, 6.07) is 16.9. The molecule has 0 bridgehead atoms. The maximum atomic E-state index is 13.4. The summed E-state index contributed by atoms with van der Waals surface area (Å²) in [6.45, 7) is 2.04. The quantitative estimate of drug-likeness (QED) is 0.485. The second-order valence-electron chi connectivity index (χ2n) is 7.85. The highest BCUT2D eigenvalue weighted by Gasteiger charge is 2.31. The average molecular weight is 440 g/mol. The van der Waals surface area contributed by atoms with E-state index < -0.39 is 6.10 Å². The number of benzene rings is 2. The minimum Gasteiger partial charge on any atom is -0.481 e. The minimum atomic E-state index is -0.656. The van der Waals surface area contributed by atoms with Crippen molar-refractivity contribution in [1.82, 2.24) is 15.0 Å². The zero-order valence-electron chi connectivity index (χ0n) is 17.5. The first-order chi connectivity index (χ1) is 15.1. The third kappa shape index (κ3) is 5.44. The number of hydrogen-bond acceptors (Lipinski definition) is 5. The molecule has 1 fully saturated rings. The number of halogens is 1. The van der Waals surface area contributed by atoms with Gasteiger partial charge in [0.15, 0.2) is 6.10 Å². The summed E-state index contributed by atoms with van der Waals surface area (Å²) in [7, 11) is 0. The second kappa shape index (κ2) is 9.96. The molecule has 0 aliphatic heterocycles. The van der Waals surface area contributed by atoms with E-state index in [1.165, 1.54) is 6.42 Å². The molecule has 7 heteroatoms. The van der Waals surface area contributed by atoms with E-state index in [0.29, 0.717) is 22.5 Å². The fraction of sp³-hybridized carbons (Fsp3) is 0.375. The Balaban J connectivity index is 1.51. The zero-order valence-corrected chi connectivity index (χ0v) is 18.3. The largest absolute Gasteiger partial charge is 0.481 e. The van der Waals surface area contributed by atoms with Gasteiger partial charge in [-0.3, -0.25) is 4.79 Å². The molecular weight excluding hydrogens is 414 g/mol. The number of carbonyl (C=O) groups excluding carboxylic acids is 1. The van der Waals surface area contributed by atoms with Gasteiger partial charge in [-0.15, -0.1) is 0 Å². The van der Waals surface area contributed by atoms with Gasteiger partial charge in [-0.05, 0) is 38.0 Å². The lowest BCUT2D eigenvalue weighted by Gasteiger charge is -2.35. The van der Waals surface area contributed by atoms with Crippen LogP contribution in [0.15, 0.2) is 59.1 Å². The highest BCUT2D eigenvalue weighted by Crippen LogP contribution is 2.26. The molecule has 1 atom stereocenters. The Kier molecular flexibility index (Phi) is 6.87. The van der Waals surface area contributed by atoms with Crippen molar-refractivity contribution in [2.45, 2.75) is 57.7 Å². The molecule has 1 saturated carbocycles. The molecule has 1 heterocycles. The molecule has 2 aromatic carbocycles. The molecule has 0 spiro atoms. The third-order valence-corrected chi connectivity index (χ3v) is 5.80. The molecule has 4 rings (SSSR count). The summed E-state index contributed by atoms with van der Waals surface area (Å²) in [6.07, 6.45) is 4.70. The van der Waals surface area contributed by atoms with Crippen molar-refractivity contribution in [3.05, 3.63) is 65.5 Å². The summed E-state index contributed by atoms with van der Waals surface area (Å²) < 4.78 is 11.4. The fourth-order valence-corrected chi connectivity index (χ4v) is 4.16. The SMILES string of the molecule is CC(Oc1cccc(Cl)c1)C(=O)N(Cc1nc(-c2ccccc2)no1)C1CCCCC1. The van der Waals surface area contributed by atoms with Crippen LogP contribution in [0.1, 0.15) is 44.9 Å². The smallest absolute Gasteiger partial charge is 0.264 e. The van der Waals surface area contributed by atoms with Crippen molar-refractivity contribution in [3.63, 3.8) is 0 Å². The maximum absolute atomic E-state index is 13.4. The molecule has 0 N–H and O–H groups in total. The van der Waals surface area contributed by atoms with Crippen LogP contribution in [0, 0.1) is 0 Å². The van der Waals surface area contributed by atoms with Gasteiger partial charge in [0.05, 0.1) is 0 Å². The molecule has 162 valence electrons. The summed E-state index contributed by atoms with van der Waals surface area (Å²) in [5.74, 6) is 1.43. The van der Waals surface area contributed by atoms with E-state index in [2.05, 4.69) is 10.1 Å². The number of ether oxygens (including phenoxy) is 1. The van der Waals surface area contributed by atoms with Crippen molar-refractivity contribution in [1.29, 1.82) is 0 Å². The Bertz CT molecular complexity index is 1000. The predicted molar refractivity (Wildman–Crippen MR) is 119 cm³/mol. The number of nitrogens with zero attached hydrogens (tertiary/aromatic N) is 3. The summed E-state index contributed by atoms with van der Waals surface area (Å²) >= 11 is 6.05. The van der Waals surface area contributed by atoms with Crippen LogP contribution in [-0.2, 0) is 11.3 Å². The number of carbonyl (C=O) groups is 1. The molecule has 1 aliphatic carbocycles. The normalized spacial score (nSPS) is 15.4. The highest BCUT2D eigenvalue weighted by atomic mass is 35.5. The molecular formula is C24H26ClN3O3. The van der Waals surface area contributed by atoms with E-state index in [0.717, 1.165) is 31.2 Å². The van der Waals surface area contributed by atoms with Gasteiger partial charge in [-0.1, -0.05) is 72.4 Å². The van der Waals surface area contributed by atoms with Gasteiger partial charge in [0.2, 0.25) is 11.7 Å². The first-order valence-electron chi connectivity index (χ1n) is 10.7. The Morgan fingerprint density at radius 1 is 1.16 bits per heavy atom. The molecule has 6 nitrogen and oxygen atoms in total. The number of rotatable bonds is 7. The van der Waals surface area contributed by atoms with Crippen LogP contribution in [-0.4, -0.2) is 33.1 Å². The minimum absolute atomic E-state index is 0.0914. The predicted octanol–water partition coefficient (Wildman–Crippen LogP) is 5.52. The number of hydrogen-bond donors (Lipinski definition) is 0. The van der Waals surface area contributed by atoms with Crippen LogP contribution in [0.4, 0.5) is 0 Å². The van der Waals surface area contributed by atoms with Gasteiger partial charge >= 0.3 is 0 Å². The molecule has 1 aliphatic rings. The molecule has 3 aromatic rings. The first-order valence-corrected chi connectivity index (χ1v) is 11.1. The van der Waals surface area contributed by atoms with Crippen LogP contribution in [0.3, 0.4) is 0 Å². The number of aromatic nitrogens is 2. The van der Waals surface area contributed by atoms with Crippen molar-refractivity contribution >= 4 is 17.5 Å². The van der Waals surface area contributed by atoms with Crippen LogP contribution < -0.4 is 4.74 Å². The Labute approximate surface area is 187 Å². The fourth-order valence-electron chi connectivity index (χ4n) is 3.98. The van der Waals surface area contributed by atoms with E-state index in [-0.39, 0.29) is 18.5 Å². The Morgan fingerprint density at radius 3 is 2.68 bits per heavy atom. The second-order valence-corrected chi connectivity index (χ2v) is 8.29. The van der Waals surface area contributed by atoms with E-state index in [1.807, 2.05) is 35.2 Å². The Morgan fingerprint density at radius 2 is 1.94 bits per heavy atom. The topological polar surface area (TPSA) is 68.5 Å². The standard InChI is InChI=1S/C24H26ClN3O3/c1-17(30-21-14-8-11-19(25)15-21)24(29)28(20-12-6-3-7-13-20)16-22-26-23(27-31-22)18-9-4-2-5-10-18/h2,4-5,8-11,14-15,17,20H,3,6-7,12-13,16H2,1H3. The first kappa shape index (κ1) is 21.4. The van der Waals surface area contributed by atoms with Gasteiger partial charge < -0.3 is 14.2 Å². The van der Waals surface area contributed by atoms with Crippen molar-refractivity contribution < 1.29 is 14.1 Å². The highest BCUT2D eigenvalue weighted by molar-refractivity contribution is 6.30. The lowest BCUT2D eigenvalue weighted by molar-refractivity contribution is -0.142. The van der Waals surface area contributed by atoms with Gasteiger partial charge in [-0.2, -0.15) is 4.98 Å². The van der Waals surface area contributed by atoms with Gasteiger partial charge in [0.25, 0.3) is 5.91 Å². The van der Waals surface area contributed by atoms with Gasteiger partial charge in [0, 0.05) is 16.6 Å². The molecule has 31 heavy (non-hydrogen) atoms. The monoisotopic (exact) mass is 439 g/mol. The molecule has 1 amide bonds. The van der Waals surface area contributed by atoms with Gasteiger partial charge in [-0.25, -0.2) is 0 Å². The van der Waals surface area contributed by atoms with Crippen LogP contribution in [0.5, 0.6) is 5.75 Å². The maximum Gasteiger partial charge on any atom is 0.264 e. The molecule has 1 aromatic heterocycles. The average Bonchev–Trinajstić information content (AvgIpc) is 3.27. The zero-order chi connectivity index (χ0) is 21.6. The van der Waals surface area contributed by atoms with Crippen molar-refractivity contribution in [3.8, 4) is 17.1 Å². The van der Waals surface area contributed by atoms with Crippen LogP contribution >= 0.6 is 11.6 Å². The lowest BCUT2D eigenvalue weighted by Crippen LogP contribution is -2.46. The van der Waals surface area contributed by atoms with E-state index >= 15 is 0 Å². The van der Waals surface area contributed by atoms with E-state index in [9.17, 15) is 4.79 Å². The summed E-state index contributed by atoms with van der Waals surface area (Å²) in [5, 5.41) is 4.67. The van der Waals surface area contributed by atoms with Gasteiger partial charge in [0.1, 0.15) is 12.3 Å². The molecule has 1 unspecified atom stereocenters. The van der Waals surface area contributed by atoms with E-state index in [1.54, 1.807) is 31.2 Å². The number of amides is 1. The summed E-state index contributed by atoms with van der Waals surface area (Å²) in [4.78, 5) is 19.8. The molecule has 0 radical (unpaired) electrons. The summed E-state index contributed by atoms with van der Waals surface area (Å²) in [5.41, 5.74) is 0.880. The van der Waals surface area contributed by atoms with Crippen LogP contribution in [0.25, 0.3) is 11.4 Å². The van der Waals surface area contributed by atoms with Crippen molar-refractivity contribution in [2.24, 2.45) is 0 Å². The van der Waals surface area contributed by atoms with Crippen molar-refractivity contribution in [2.75, 3.05) is 0 Å². The third-order valence-electron chi connectivity index (χ3n) is 5.56. The van der Waals surface area contributed by atoms with Crippen LogP contribution in [0.2, 0.25) is 5.02 Å². The van der Waals surface area contributed by atoms with E-state index in [4.69, 9.17) is 20.9 Å².